The maximum Gasteiger partial charge on any atom is 0.229 e. The van der Waals surface area contributed by atoms with Gasteiger partial charge >= 0.3 is 0 Å². The van der Waals surface area contributed by atoms with E-state index in [4.69, 9.17) is 0 Å². The van der Waals surface area contributed by atoms with E-state index in [9.17, 15) is 8.42 Å². The van der Waals surface area contributed by atoms with Crippen LogP contribution in [0.15, 0.2) is 0 Å². The highest BCUT2D eigenvalue weighted by Gasteiger charge is 2.20. The Kier molecular flexibility index (Phi) is 5.52. The van der Waals surface area contributed by atoms with Gasteiger partial charge in [-0.05, 0) is 25.7 Å². The number of anilines is 2. The number of nitrogens with one attached hydrogen (secondary N) is 2. The Balaban J connectivity index is 1.82. The van der Waals surface area contributed by atoms with Crippen LogP contribution in [0.2, 0.25) is 0 Å². The van der Waals surface area contributed by atoms with Crippen molar-refractivity contribution < 1.29 is 8.42 Å². The van der Waals surface area contributed by atoms with Crippen molar-refractivity contribution >= 4 is 21.9 Å². The van der Waals surface area contributed by atoms with Crippen molar-refractivity contribution in [2.75, 3.05) is 43.2 Å². The summed E-state index contributed by atoms with van der Waals surface area (Å²) in [7, 11) is 0.428. The summed E-state index contributed by atoms with van der Waals surface area (Å²) in [4.78, 5) is 14.3. The molecule has 1 aliphatic rings. The molecule has 1 heterocycles. The average Bonchev–Trinajstić information content (AvgIpc) is 2.35. The first kappa shape index (κ1) is 16.9. The molecule has 1 fully saturated rings. The molecule has 1 saturated carbocycles. The standard InChI is InChI=1S/C13H24N6O2S/c1-10-16-12(18-13(17-10)19(2)3)14-7-8-22(20,21)15-9-11-5-4-6-11/h11,15H,4-9H2,1-3H3,(H,14,16,17,18). The maximum atomic E-state index is 11.9. The normalized spacial score (nSPS) is 15.4. The van der Waals surface area contributed by atoms with Crippen LogP contribution in [0.5, 0.6) is 0 Å². The van der Waals surface area contributed by atoms with Crippen molar-refractivity contribution in [3.05, 3.63) is 5.82 Å². The highest BCUT2D eigenvalue weighted by molar-refractivity contribution is 7.89. The summed E-state index contributed by atoms with van der Waals surface area (Å²) < 4.78 is 26.4. The van der Waals surface area contributed by atoms with Crippen molar-refractivity contribution in [2.24, 2.45) is 5.92 Å². The van der Waals surface area contributed by atoms with Crippen LogP contribution >= 0.6 is 0 Å². The SMILES string of the molecule is Cc1nc(NCCS(=O)(=O)NCC2CCC2)nc(N(C)C)n1. The molecule has 0 aliphatic heterocycles. The third-order valence-corrected chi connectivity index (χ3v) is 4.95. The van der Waals surface area contributed by atoms with Crippen LogP contribution in [0.4, 0.5) is 11.9 Å². The Hall–Kier alpha value is -1.48. The minimum absolute atomic E-state index is 0.00173. The Bertz CT molecular complexity index is 601. The van der Waals surface area contributed by atoms with Crippen LogP contribution in [0.1, 0.15) is 25.1 Å². The summed E-state index contributed by atoms with van der Waals surface area (Å²) >= 11 is 0. The van der Waals surface area contributed by atoms with E-state index in [-0.39, 0.29) is 12.3 Å². The fourth-order valence-electron chi connectivity index (χ4n) is 2.06. The fraction of sp³-hybridized carbons (Fsp3) is 0.769. The lowest BCUT2D eigenvalue weighted by Crippen LogP contribution is -2.35. The molecular formula is C13H24N6O2S. The molecular weight excluding hydrogens is 304 g/mol. The van der Waals surface area contributed by atoms with Gasteiger partial charge in [-0.1, -0.05) is 6.42 Å². The minimum atomic E-state index is -3.25. The largest absolute Gasteiger partial charge is 0.353 e. The molecule has 1 aromatic heterocycles. The van der Waals surface area contributed by atoms with Crippen LogP contribution < -0.4 is 14.9 Å². The Labute approximate surface area is 131 Å². The van der Waals surface area contributed by atoms with Gasteiger partial charge in [-0.2, -0.15) is 15.0 Å². The lowest BCUT2D eigenvalue weighted by molar-refractivity contribution is 0.316. The fourth-order valence-corrected chi connectivity index (χ4v) is 3.06. The second-order valence-electron chi connectivity index (χ2n) is 5.79. The molecule has 2 N–H and O–H groups in total. The van der Waals surface area contributed by atoms with E-state index in [0.29, 0.717) is 30.2 Å². The van der Waals surface area contributed by atoms with Crippen LogP contribution in [-0.2, 0) is 10.0 Å². The predicted molar refractivity (Wildman–Crippen MR) is 86.5 cm³/mol. The van der Waals surface area contributed by atoms with Gasteiger partial charge in [0, 0.05) is 27.2 Å². The zero-order chi connectivity index (χ0) is 16.2. The minimum Gasteiger partial charge on any atom is -0.353 e. The molecule has 22 heavy (non-hydrogen) atoms. The summed E-state index contributed by atoms with van der Waals surface area (Å²) in [6.45, 7) is 2.59. The number of rotatable bonds is 8. The third-order valence-electron chi connectivity index (χ3n) is 3.61. The topological polar surface area (TPSA) is 100 Å². The van der Waals surface area contributed by atoms with Gasteiger partial charge in [0.2, 0.25) is 21.9 Å². The third kappa shape index (κ3) is 5.06. The summed E-state index contributed by atoms with van der Waals surface area (Å²) in [6, 6.07) is 0. The van der Waals surface area contributed by atoms with Gasteiger partial charge in [-0.15, -0.1) is 0 Å². The number of aryl methyl sites for hydroxylation is 1. The van der Waals surface area contributed by atoms with Gasteiger partial charge < -0.3 is 10.2 Å². The number of sulfonamides is 1. The summed E-state index contributed by atoms with van der Waals surface area (Å²) in [6.07, 6.45) is 3.46. The molecule has 1 aromatic rings. The zero-order valence-corrected chi connectivity index (χ0v) is 14.2. The first-order chi connectivity index (χ1) is 10.4. The van der Waals surface area contributed by atoms with Crippen molar-refractivity contribution in [3.63, 3.8) is 0 Å². The van der Waals surface area contributed by atoms with Crippen LogP contribution in [0.3, 0.4) is 0 Å². The van der Waals surface area contributed by atoms with Gasteiger partial charge in [0.15, 0.2) is 0 Å². The van der Waals surface area contributed by atoms with Crippen molar-refractivity contribution in [1.29, 1.82) is 0 Å². The van der Waals surface area contributed by atoms with Crippen molar-refractivity contribution in [2.45, 2.75) is 26.2 Å². The number of aromatic nitrogens is 3. The summed E-state index contributed by atoms with van der Waals surface area (Å²) in [5.41, 5.74) is 0. The molecule has 0 saturated heterocycles. The van der Waals surface area contributed by atoms with E-state index in [1.165, 1.54) is 6.42 Å². The van der Waals surface area contributed by atoms with Crippen molar-refractivity contribution in [1.82, 2.24) is 19.7 Å². The molecule has 9 heteroatoms. The second-order valence-corrected chi connectivity index (χ2v) is 7.72. The first-order valence-electron chi connectivity index (χ1n) is 7.47. The molecule has 8 nitrogen and oxygen atoms in total. The first-order valence-corrected chi connectivity index (χ1v) is 9.12. The lowest BCUT2D eigenvalue weighted by Gasteiger charge is -2.25. The molecule has 124 valence electrons. The van der Waals surface area contributed by atoms with E-state index in [2.05, 4.69) is 25.0 Å². The highest BCUT2D eigenvalue weighted by atomic mass is 32.2. The van der Waals surface area contributed by atoms with Gasteiger partial charge in [-0.3, -0.25) is 0 Å². The number of hydrogen-bond donors (Lipinski definition) is 2. The predicted octanol–water partition coefficient (Wildman–Crippen LogP) is 0.377. The second kappa shape index (κ2) is 7.19. The van der Waals surface area contributed by atoms with E-state index in [1.54, 1.807) is 11.8 Å². The zero-order valence-electron chi connectivity index (χ0n) is 13.3. The van der Waals surface area contributed by atoms with Crippen LogP contribution in [0.25, 0.3) is 0 Å². The molecule has 0 atom stereocenters. The van der Waals surface area contributed by atoms with Gasteiger partial charge in [0.25, 0.3) is 0 Å². The van der Waals surface area contributed by atoms with Gasteiger partial charge in [0.05, 0.1) is 5.75 Å². The Morgan fingerprint density at radius 3 is 2.55 bits per heavy atom. The monoisotopic (exact) mass is 328 g/mol. The van der Waals surface area contributed by atoms with E-state index < -0.39 is 10.0 Å². The summed E-state index contributed by atoms with van der Waals surface area (Å²) in [5.74, 6) is 2.04. The number of hydrogen-bond acceptors (Lipinski definition) is 7. The number of nitrogens with zero attached hydrogens (tertiary/aromatic N) is 4. The molecule has 0 aromatic carbocycles. The molecule has 0 amide bonds. The van der Waals surface area contributed by atoms with Gasteiger partial charge in [-0.25, -0.2) is 13.1 Å². The molecule has 2 rings (SSSR count). The Morgan fingerprint density at radius 1 is 1.23 bits per heavy atom. The lowest BCUT2D eigenvalue weighted by atomic mass is 9.86. The van der Waals surface area contributed by atoms with Crippen molar-refractivity contribution in [3.8, 4) is 0 Å². The average molecular weight is 328 g/mol. The van der Waals surface area contributed by atoms with Crippen LogP contribution in [-0.4, -0.2) is 56.3 Å². The molecule has 0 radical (unpaired) electrons. The quantitative estimate of drug-likeness (QED) is 0.711. The van der Waals surface area contributed by atoms with E-state index >= 15 is 0 Å². The smallest absolute Gasteiger partial charge is 0.229 e. The van der Waals surface area contributed by atoms with Crippen LogP contribution in [0, 0.1) is 12.8 Å². The molecule has 1 aliphatic carbocycles. The van der Waals surface area contributed by atoms with Gasteiger partial charge in [0.1, 0.15) is 5.82 Å². The molecule has 0 unspecified atom stereocenters. The Morgan fingerprint density at radius 2 is 1.95 bits per heavy atom. The highest BCUT2D eigenvalue weighted by Crippen LogP contribution is 2.25. The van der Waals surface area contributed by atoms with E-state index in [1.807, 2.05) is 14.1 Å². The van der Waals surface area contributed by atoms with E-state index in [0.717, 1.165) is 12.8 Å². The molecule has 0 bridgehead atoms. The molecule has 0 spiro atoms. The maximum absolute atomic E-state index is 11.9. The summed E-state index contributed by atoms with van der Waals surface area (Å²) in [5, 5.41) is 2.94.